The second-order valence-corrected chi connectivity index (χ2v) is 5.52. The van der Waals surface area contributed by atoms with E-state index < -0.39 is 0 Å². The van der Waals surface area contributed by atoms with E-state index in [0.29, 0.717) is 5.75 Å². The summed E-state index contributed by atoms with van der Waals surface area (Å²) in [6.45, 7) is 2.14. The van der Waals surface area contributed by atoms with Gasteiger partial charge in [-0.15, -0.1) is 0 Å². The monoisotopic (exact) mass is 254 g/mol. The molecule has 0 saturated heterocycles. The van der Waals surface area contributed by atoms with Crippen molar-refractivity contribution in [3.63, 3.8) is 0 Å². The first kappa shape index (κ1) is 12.2. The first-order chi connectivity index (χ1) is 9.14. The van der Waals surface area contributed by atoms with Crippen molar-refractivity contribution in [2.45, 2.75) is 25.2 Å². The van der Waals surface area contributed by atoms with Gasteiger partial charge in [-0.05, 0) is 54.2 Å². The van der Waals surface area contributed by atoms with Crippen LogP contribution in [-0.4, -0.2) is 16.8 Å². The fourth-order valence-corrected chi connectivity index (χ4v) is 2.54. The first-order valence-corrected chi connectivity index (χ1v) is 6.66. The number of benzene rings is 2. The Hall–Kier alpha value is -1.80. The highest BCUT2D eigenvalue weighted by atomic mass is 16.3. The predicted octanol–water partition coefficient (Wildman–Crippen LogP) is 3.39. The summed E-state index contributed by atoms with van der Waals surface area (Å²) in [5, 5.41) is 19.0. The highest BCUT2D eigenvalue weighted by molar-refractivity contribution is 5.66. The molecule has 0 heterocycles. The molecule has 2 nitrogen and oxygen atoms in total. The molecule has 0 aliphatic heterocycles. The minimum atomic E-state index is 0.0312. The van der Waals surface area contributed by atoms with Gasteiger partial charge >= 0.3 is 0 Å². The zero-order valence-corrected chi connectivity index (χ0v) is 11.1. The van der Waals surface area contributed by atoms with Gasteiger partial charge in [0.05, 0.1) is 6.61 Å². The molecule has 2 aromatic rings. The van der Waals surface area contributed by atoms with Crippen molar-refractivity contribution in [3.8, 4) is 16.9 Å². The van der Waals surface area contributed by atoms with Crippen LogP contribution in [0.2, 0.25) is 0 Å². The first-order valence-electron chi connectivity index (χ1n) is 6.66. The molecule has 0 unspecified atom stereocenters. The maximum absolute atomic E-state index is 9.55. The Morgan fingerprint density at radius 1 is 1.00 bits per heavy atom. The molecular weight excluding hydrogens is 236 g/mol. The smallest absolute Gasteiger partial charge is 0.118 e. The summed E-state index contributed by atoms with van der Waals surface area (Å²) in [4.78, 5) is 0. The summed E-state index contributed by atoms with van der Waals surface area (Å²) in [5.74, 6) is 0.331. The number of hydrogen-bond donors (Lipinski definition) is 2. The van der Waals surface area contributed by atoms with Gasteiger partial charge < -0.3 is 10.2 Å². The minimum absolute atomic E-state index is 0.0312. The van der Waals surface area contributed by atoms with Crippen LogP contribution in [0.3, 0.4) is 0 Å². The quantitative estimate of drug-likeness (QED) is 0.881. The lowest BCUT2D eigenvalue weighted by molar-refractivity contribution is 0.255. The molecule has 19 heavy (non-hydrogen) atoms. The molecular formula is C17H18O2. The van der Waals surface area contributed by atoms with Crippen molar-refractivity contribution in [2.75, 3.05) is 6.61 Å². The van der Waals surface area contributed by atoms with Crippen molar-refractivity contribution in [2.24, 2.45) is 0 Å². The van der Waals surface area contributed by atoms with Gasteiger partial charge in [0.15, 0.2) is 0 Å². The van der Waals surface area contributed by atoms with E-state index in [1.807, 2.05) is 19.1 Å². The molecule has 0 radical (unpaired) electrons. The van der Waals surface area contributed by atoms with E-state index >= 15 is 0 Å². The number of phenols is 1. The van der Waals surface area contributed by atoms with Crippen LogP contribution < -0.4 is 0 Å². The molecule has 1 aliphatic carbocycles. The van der Waals surface area contributed by atoms with Crippen LogP contribution in [0.4, 0.5) is 0 Å². The molecule has 1 saturated carbocycles. The fourth-order valence-electron chi connectivity index (χ4n) is 2.54. The van der Waals surface area contributed by atoms with Gasteiger partial charge in [0.25, 0.3) is 0 Å². The van der Waals surface area contributed by atoms with Crippen LogP contribution in [0.15, 0.2) is 42.5 Å². The van der Waals surface area contributed by atoms with Crippen LogP contribution in [0.25, 0.3) is 11.1 Å². The third kappa shape index (κ3) is 2.13. The SMILES string of the molecule is Cc1cc(-c2ccc(C3(CO)CC3)cc2)ccc1O. The van der Waals surface area contributed by atoms with E-state index in [1.165, 1.54) is 5.56 Å². The topological polar surface area (TPSA) is 40.5 Å². The second-order valence-electron chi connectivity index (χ2n) is 5.52. The van der Waals surface area contributed by atoms with E-state index in [4.69, 9.17) is 0 Å². The molecule has 2 N–H and O–H groups in total. The summed E-state index contributed by atoms with van der Waals surface area (Å²) in [7, 11) is 0. The molecule has 0 bridgehead atoms. The van der Waals surface area contributed by atoms with E-state index in [9.17, 15) is 10.2 Å². The number of aliphatic hydroxyl groups excluding tert-OH is 1. The average Bonchev–Trinajstić information content (AvgIpc) is 3.23. The Kier molecular flexibility index (Phi) is 2.83. The highest BCUT2D eigenvalue weighted by Gasteiger charge is 2.43. The second kappa shape index (κ2) is 4.39. The van der Waals surface area contributed by atoms with Crippen LogP contribution in [0.1, 0.15) is 24.0 Å². The summed E-state index contributed by atoms with van der Waals surface area (Å²) in [5.41, 5.74) is 4.39. The zero-order valence-electron chi connectivity index (χ0n) is 11.1. The number of hydrogen-bond acceptors (Lipinski definition) is 2. The lowest BCUT2D eigenvalue weighted by atomic mass is 9.94. The largest absolute Gasteiger partial charge is 0.508 e. The summed E-state index contributed by atoms with van der Waals surface area (Å²) >= 11 is 0. The van der Waals surface area contributed by atoms with Gasteiger partial charge in [-0.1, -0.05) is 30.3 Å². The summed E-state index contributed by atoms with van der Waals surface area (Å²) in [6, 6.07) is 14.1. The Labute approximate surface area is 113 Å². The minimum Gasteiger partial charge on any atom is -0.508 e. The Morgan fingerprint density at radius 2 is 1.63 bits per heavy atom. The molecule has 1 aliphatic rings. The number of aliphatic hydroxyl groups is 1. The van der Waals surface area contributed by atoms with Crippen LogP contribution in [-0.2, 0) is 5.41 Å². The lowest BCUT2D eigenvalue weighted by Gasteiger charge is -2.13. The standard InChI is InChI=1S/C17H18O2/c1-12-10-14(4-7-16(12)19)13-2-5-15(6-3-13)17(11-18)8-9-17/h2-7,10,18-19H,8-9,11H2,1H3. The summed E-state index contributed by atoms with van der Waals surface area (Å²) in [6.07, 6.45) is 2.17. The van der Waals surface area contributed by atoms with E-state index in [2.05, 4.69) is 24.3 Å². The molecule has 0 amide bonds. The summed E-state index contributed by atoms with van der Waals surface area (Å²) < 4.78 is 0. The van der Waals surface area contributed by atoms with Crippen molar-refractivity contribution in [3.05, 3.63) is 53.6 Å². The number of aromatic hydroxyl groups is 1. The Balaban J connectivity index is 1.92. The van der Waals surface area contributed by atoms with Gasteiger partial charge in [0.1, 0.15) is 5.75 Å². The zero-order chi connectivity index (χ0) is 13.5. The van der Waals surface area contributed by atoms with Crippen molar-refractivity contribution >= 4 is 0 Å². The van der Waals surface area contributed by atoms with Gasteiger partial charge in [0, 0.05) is 5.41 Å². The van der Waals surface area contributed by atoms with Crippen LogP contribution in [0, 0.1) is 6.92 Å². The molecule has 3 rings (SSSR count). The van der Waals surface area contributed by atoms with E-state index in [-0.39, 0.29) is 12.0 Å². The molecule has 0 atom stereocenters. The fraction of sp³-hybridized carbons (Fsp3) is 0.294. The van der Waals surface area contributed by atoms with Gasteiger partial charge in [0.2, 0.25) is 0 Å². The molecule has 2 aromatic carbocycles. The van der Waals surface area contributed by atoms with Crippen molar-refractivity contribution in [1.29, 1.82) is 0 Å². The average molecular weight is 254 g/mol. The molecule has 0 spiro atoms. The van der Waals surface area contributed by atoms with Crippen LogP contribution >= 0.6 is 0 Å². The van der Waals surface area contributed by atoms with Crippen LogP contribution in [0.5, 0.6) is 5.75 Å². The Bertz CT molecular complexity index is 595. The van der Waals surface area contributed by atoms with Crippen molar-refractivity contribution < 1.29 is 10.2 Å². The third-order valence-corrected chi connectivity index (χ3v) is 4.18. The van der Waals surface area contributed by atoms with Crippen molar-refractivity contribution in [1.82, 2.24) is 0 Å². The predicted molar refractivity (Wildman–Crippen MR) is 76.3 cm³/mol. The van der Waals surface area contributed by atoms with Gasteiger partial charge in [-0.2, -0.15) is 0 Å². The van der Waals surface area contributed by atoms with E-state index in [1.54, 1.807) is 6.07 Å². The number of phenolic OH excluding ortho intramolecular Hbond substituents is 1. The normalized spacial score (nSPS) is 16.3. The van der Waals surface area contributed by atoms with E-state index in [0.717, 1.165) is 29.5 Å². The number of rotatable bonds is 3. The highest BCUT2D eigenvalue weighted by Crippen LogP contribution is 2.47. The molecule has 0 aromatic heterocycles. The molecule has 2 heteroatoms. The van der Waals surface area contributed by atoms with Gasteiger partial charge in [-0.25, -0.2) is 0 Å². The third-order valence-electron chi connectivity index (χ3n) is 4.18. The Morgan fingerprint density at radius 3 is 2.16 bits per heavy atom. The number of aryl methyl sites for hydroxylation is 1. The van der Waals surface area contributed by atoms with Gasteiger partial charge in [-0.3, -0.25) is 0 Å². The maximum atomic E-state index is 9.55. The molecule has 98 valence electrons. The maximum Gasteiger partial charge on any atom is 0.118 e. The molecule has 1 fully saturated rings. The lowest BCUT2D eigenvalue weighted by Crippen LogP contribution is -2.11.